The van der Waals surface area contributed by atoms with E-state index in [1.807, 2.05) is 0 Å². The Hall–Kier alpha value is -1.64. The van der Waals surface area contributed by atoms with Gasteiger partial charge in [0.15, 0.2) is 0 Å². The van der Waals surface area contributed by atoms with E-state index in [1.54, 1.807) is 19.1 Å². The van der Waals surface area contributed by atoms with Crippen LogP contribution in [0.2, 0.25) is 0 Å². The quantitative estimate of drug-likeness (QED) is 0.839. The standard InChI is InChI=1S/C13H12BrNO5S/c1-8(12-3-2-6-20-12)15-21(18,19)9-4-5-11(14)10(7-9)13(16)17/h2-8,15H,1H3,(H,16,17)/t8-/m0/s1. The summed E-state index contributed by atoms with van der Waals surface area (Å²) in [6.07, 6.45) is 1.45. The number of aromatic carboxylic acids is 1. The second-order valence-electron chi connectivity index (χ2n) is 4.31. The molecule has 0 unspecified atom stereocenters. The van der Waals surface area contributed by atoms with Crippen molar-refractivity contribution in [2.24, 2.45) is 0 Å². The van der Waals surface area contributed by atoms with Gasteiger partial charge in [0, 0.05) is 4.47 Å². The summed E-state index contributed by atoms with van der Waals surface area (Å²) < 4.78 is 32.4. The Kier molecular flexibility index (Phi) is 4.50. The number of carboxylic acids is 1. The Morgan fingerprint density at radius 2 is 2.10 bits per heavy atom. The maximum atomic E-state index is 12.3. The van der Waals surface area contributed by atoms with Crippen molar-refractivity contribution in [1.82, 2.24) is 4.72 Å². The van der Waals surface area contributed by atoms with Crippen LogP contribution in [0.3, 0.4) is 0 Å². The van der Waals surface area contributed by atoms with Gasteiger partial charge < -0.3 is 9.52 Å². The van der Waals surface area contributed by atoms with Crippen LogP contribution in [-0.2, 0) is 10.0 Å². The molecule has 0 radical (unpaired) electrons. The van der Waals surface area contributed by atoms with Gasteiger partial charge in [0.25, 0.3) is 0 Å². The molecule has 0 spiro atoms. The summed E-state index contributed by atoms with van der Waals surface area (Å²) in [5.41, 5.74) is -0.122. The first-order valence-electron chi connectivity index (χ1n) is 5.90. The maximum absolute atomic E-state index is 12.3. The molecule has 0 aliphatic rings. The number of hydrogen-bond acceptors (Lipinski definition) is 4. The van der Waals surface area contributed by atoms with Crippen molar-refractivity contribution in [3.63, 3.8) is 0 Å². The largest absolute Gasteiger partial charge is 0.478 e. The third kappa shape index (κ3) is 3.52. The molecule has 1 aromatic heterocycles. The minimum Gasteiger partial charge on any atom is -0.478 e. The number of nitrogens with one attached hydrogen (secondary N) is 1. The van der Waals surface area contributed by atoms with E-state index in [9.17, 15) is 13.2 Å². The fourth-order valence-corrected chi connectivity index (χ4v) is 3.39. The molecule has 0 saturated heterocycles. The Morgan fingerprint density at radius 1 is 1.38 bits per heavy atom. The van der Waals surface area contributed by atoms with Crippen molar-refractivity contribution in [3.05, 3.63) is 52.4 Å². The van der Waals surface area contributed by atoms with Crippen molar-refractivity contribution < 1.29 is 22.7 Å². The Bertz CT molecular complexity index is 755. The van der Waals surface area contributed by atoms with Crippen LogP contribution in [-0.4, -0.2) is 19.5 Å². The first-order chi connectivity index (χ1) is 9.81. The lowest BCUT2D eigenvalue weighted by molar-refractivity contribution is 0.0695. The zero-order valence-corrected chi connectivity index (χ0v) is 13.3. The summed E-state index contributed by atoms with van der Waals surface area (Å²) in [5, 5.41) is 9.03. The van der Waals surface area contributed by atoms with E-state index in [4.69, 9.17) is 9.52 Å². The number of hydrogen-bond donors (Lipinski definition) is 2. The first-order valence-corrected chi connectivity index (χ1v) is 8.17. The molecule has 2 N–H and O–H groups in total. The first kappa shape index (κ1) is 15.7. The lowest BCUT2D eigenvalue weighted by Gasteiger charge is -2.12. The minimum absolute atomic E-state index is 0.122. The maximum Gasteiger partial charge on any atom is 0.336 e. The van der Waals surface area contributed by atoms with Crippen LogP contribution >= 0.6 is 15.9 Å². The summed E-state index contributed by atoms with van der Waals surface area (Å²) in [5.74, 6) is -0.743. The highest BCUT2D eigenvalue weighted by atomic mass is 79.9. The molecular formula is C13H12BrNO5S. The van der Waals surface area contributed by atoms with Crippen LogP contribution in [0.4, 0.5) is 0 Å². The zero-order chi connectivity index (χ0) is 15.6. The van der Waals surface area contributed by atoms with Crippen LogP contribution in [0.5, 0.6) is 0 Å². The molecule has 2 rings (SSSR count). The average Bonchev–Trinajstić information content (AvgIpc) is 2.92. The fourth-order valence-electron chi connectivity index (χ4n) is 1.73. The zero-order valence-electron chi connectivity index (χ0n) is 10.9. The SMILES string of the molecule is C[C@H](NS(=O)(=O)c1ccc(Br)c(C(=O)O)c1)c1ccco1. The molecule has 1 aromatic carbocycles. The summed E-state index contributed by atoms with van der Waals surface area (Å²) >= 11 is 3.07. The van der Waals surface area contributed by atoms with Gasteiger partial charge in [0.05, 0.1) is 22.8 Å². The van der Waals surface area contributed by atoms with Crippen molar-refractivity contribution in [2.45, 2.75) is 17.9 Å². The normalized spacial score (nSPS) is 13.0. The second kappa shape index (κ2) is 6.00. The number of carboxylic acid groups (broad SMARTS) is 1. The van der Waals surface area contributed by atoms with E-state index < -0.39 is 22.0 Å². The molecule has 0 aliphatic carbocycles. The molecule has 1 atom stereocenters. The van der Waals surface area contributed by atoms with Crippen molar-refractivity contribution >= 4 is 31.9 Å². The Balaban J connectivity index is 2.32. The lowest BCUT2D eigenvalue weighted by Crippen LogP contribution is -2.26. The van der Waals surface area contributed by atoms with Crippen molar-refractivity contribution in [2.75, 3.05) is 0 Å². The molecule has 0 saturated carbocycles. The second-order valence-corrected chi connectivity index (χ2v) is 6.87. The van der Waals surface area contributed by atoms with Gasteiger partial charge in [-0.25, -0.2) is 17.9 Å². The number of rotatable bonds is 5. The minimum atomic E-state index is -3.85. The lowest BCUT2D eigenvalue weighted by atomic mass is 10.2. The van der Waals surface area contributed by atoms with Gasteiger partial charge in [-0.2, -0.15) is 0 Å². The molecule has 0 fully saturated rings. The van der Waals surface area contributed by atoms with Crippen LogP contribution in [0.25, 0.3) is 0 Å². The van der Waals surface area contributed by atoms with Crippen LogP contribution in [0.15, 0.2) is 50.4 Å². The topological polar surface area (TPSA) is 96.6 Å². The molecule has 0 bridgehead atoms. The van der Waals surface area contributed by atoms with E-state index in [0.717, 1.165) is 6.07 Å². The molecule has 6 nitrogen and oxygen atoms in total. The molecule has 112 valence electrons. The van der Waals surface area contributed by atoms with Crippen molar-refractivity contribution in [3.8, 4) is 0 Å². The highest BCUT2D eigenvalue weighted by Crippen LogP contribution is 2.23. The van der Waals surface area contributed by atoms with E-state index >= 15 is 0 Å². The highest BCUT2D eigenvalue weighted by molar-refractivity contribution is 9.10. The number of furan rings is 1. The van der Waals surface area contributed by atoms with Gasteiger partial charge in [-0.1, -0.05) is 0 Å². The third-order valence-corrected chi connectivity index (χ3v) is 5.01. The third-order valence-electron chi connectivity index (χ3n) is 2.78. The Morgan fingerprint density at radius 3 is 2.67 bits per heavy atom. The smallest absolute Gasteiger partial charge is 0.336 e. The van der Waals surface area contributed by atoms with Gasteiger partial charge in [0.1, 0.15) is 5.76 Å². The number of benzene rings is 1. The molecule has 0 amide bonds. The number of sulfonamides is 1. The van der Waals surface area contributed by atoms with Gasteiger partial charge in [-0.15, -0.1) is 0 Å². The highest BCUT2D eigenvalue weighted by Gasteiger charge is 2.22. The van der Waals surface area contributed by atoms with E-state index in [0.29, 0.717) is 10.2 Å². The predicted octanol–water partition coefficient (Wildman–Crippen LogP) is 2.78. The number of carbonyl (C=O) groups is 1. The van der Waals surface area contributed by atoms with Gasteiger partial charge >= 0.3 is 5.97 Å². The average molecular weight is 374 g/mol. The van der Waals surface area contributed by atoms with E-state index in [1.165, 1.54) is 18.4 Å². The molecule has 21 heavy (non-hydrogen) atoms. The van der Waals surface area contributed by atoms with Crippen LogP contribution in [0, 0.1) is 0 Å². The molecule has 8 heteroatoms. The van der Waals surface area contributed by atoms with Crippen LogP contribution in [0.1, 0.15) is 29.1 Å². The van der Waals surface area contributed by atoms with Gasteiger partial charge in [-0.3, -0.25) is 0 Å². The van der Waals surface area contributed by atoms with Crippen molar-refractivity contribution in [1.29, 1.82) is 0 Å². The van der Waals surface area contributed by atoms with E-state index in [2.05, 4.69) is 20.7 Å². The predicted molar refractivity (Wildman–Crippen MR) is 78.5 cm³/mol. The van der Waals surface area contributed by atoms with Gasteiger partial charge in [-0.05, 0) is 53.2 Å². The molecule has 0 aliphatic heterocycles. The fraction of sp³-hybridized carbons (Fsp3) is 0.154. The summed E-state index contributed by atoms with van der Waals surface area (Å²) in [7, 11) is -3.85. The Labute approximate surface area is 130 Å². The monoisotopic (exact) mass is 373 g/mol. The van der Waals surface area contributed by atoms with Crippen LogP contribution < -0.4 is 4.72 Å². The summed E-state index contributed by atoms with van der Waals surface area (Å²) in [4.78, 5) is 10.9. The summed E-state index contributed by atoms with van der Waals surface area (Å²) in [6.45, 7) is 1.63. The molecule has 2 aromatic rings. The number of halogens is 1. The van der Waals surface area contributed by atoms with Gasteiger partial charge in [0.2, 0.25) is 10.0 Å². The van der Waals surface area contributed by atoms with E-state index in [-0.39, 0.29) is 10.5 Å². The summed E-state index contributed by atoms with van der Waals surface area (Å²) in [6, 6.07) is 6.55. The molecule has 1 heterocycles. The molecular weight excluding hydrogens is 362 g/mol.